The molecule has 2 atom stereocenters. The minimum absolute atomic E-state index is 0.0288. The second kappa shape index (κ2) is 6.40. The monoisotopic (exact) mass is 251 g/mol. The highest BCUT2D eigenvalue weighted by Crippen LogP contribution is 2.25. The zero-order valence-corrected chi connectivity index (χ0v) is 11.4. The van der Waals surface area contributed by atoms with E-state index < -0.39 is 12.0 Å². The zero-order chi connectivity index (χ0) is 13.7. The van der Waals surface area contributed by atoms with E-state index in [0.717, 1.165) is 11.3 Å². The van der Waals surface area contributed by atoms with Crippen LogP contribution in [-0.4, -0.2) is 36.2 Å². The summed E-state index contributed by atoms with van der Waals surface area (Å²) in [4.78, 5) is 13.0. The Labute approximate surface area is 108 Å². The molecule has 1 rings (SSSR count). The minimum Gasteiger partial charge on any atom is -0.497 e. The molecule has 1 aromatic carbocycles. The molecule has 4 nitrogen and oxygen atoms in total. The Morgan fingerprint density at radius 2 is 2.17 bits per heavy atom. The van der Waals surface area contributed by atoms with E-state index in [9.17, 15) is 9.90 Å². The number of nitrogens with zero attached hydrogens (tertiary/aromatic N) is 1. The van der Waals surface area contributed by atoms with Crippen LogP contribution in [-0.2, 0) is 4.79 Å². The molecule has 0 bridgehead atoms. The molecule has 0 spiro atoms. The summed E-state index contributed by atoms with van der Waals surface area (Å²) in [6, 6.07) is 7.28. The predicted octanol–water partition coefficient (Wildman–Crippen LogP) is 2.55. The lowest BCUT2D eigenvalue weighted by Gasteiger charge is -2.30. The van der Waals surface area contributed by atoms with Crippen LogP contribution in [0.4, 0.5) is 0 Å². The van der Waals surface area contributed by atoms with Crippen molar-refractivity contribution in [3.8, 4) is 5.75 Å². The maximum atomic E-state index is 11.2. The molecular weight excluding hydrogens is 230 g/mol. The van der Waals surface area contributed by atoms with Crippen molar-refractivity contribution in [3.63, 3.8) is 0 Å². The van der Waals surface area contributed by atoms with Crippen molar-refractivity contribution in [2.45, 2.75) is 32.4 Å². The molecule has 0 aliphatic heterocycles. The number of carboxylic acid groups (broad SMARTS) is 1. The van der Waals surface area contributed by atoms with Gasteiger partial charge in [0.25, 0.3) is 0 Å². The number of benzene rings is 1. The Kier molecular flexibility index (Phi) is 5.16. The van der Waals surface area contributed by atoms with E-state index in [2.05, 4.69) is 0 Å². The van der Waals surface area contributed by atoms with Crippen LogP contribution in [0.5, 0.6) is 5.75 Å². The lowest BCUT2D eigenvalue weighted by atomic mass is 10.0. The van der Waals surface area contributed by atoms with Crippen LogP contribution in [0, 0.1) is 0 Å². The largest absolute Gasteiger partial charge is 0.497 e. The van der Waals surface area contributed by atoms with E-state index >= 15 is 0 Å². The molecule has 0 aliphatic carbocycles. The summed E-state index contributed by atoms with van der Waals surface area (Å²) in [6.45, 7) is 3.88. The van der Waals surface area contributed by atoms with Gasteiger partial charge in [0.15, 0.2) is 0 Å². The number of hydrogen-bond donors (Lipinski definition) is 1. The fourth-order valence-electron chi connectivity index (χ4n) is 2.04. The van der Waals surface area contributed by atoms with Crippen molar-refractivity contribution in [1.82, 2.24) is 4.90 Å². The van der Waals surface area contributed by atoms with Crippen LogP contribution in [0.3, 0.4) is 0 Å². The summed E-state index contributed by atoms with van der Waals surface area (Å²) in [5, 5.41) is 9.17. The number of carboxylic acids is 1. The first-order chi connectivity index (χ1) is 8.51. The maximum absolute atomic E-state index is 11.2. The molecule has 0 aliphatic rings. The molecule has 1 N–H and O–H groups in total. The number of rotatable bonds is 6. The van der Waals surface area contributed by atoms with Gasteiger partial charge in [0, 0.05) is 6.04 Å². The second-order valence-electron chi connectivity index (χ2n) is 4.38. The summed E-state index contributed by atoms with van der Waals surface area (Å²) in [6.07, 6.45) is 0.583. The lowest BCUT2D eigenvalue weighted by Crippen LogP contribution is -2.39. The van der Waals surface area contributed by atoms with Gasteiger partial charge < -0.3 is 9.84 Å². The standard InChI is InChI=1S/C14H21NO3/c1-5-13(14(16)17)15(3)10(2)11-7-6-8-12(9-11)18-4/h6-10,13H,5H2,1-4H3,(H,16,17). The third kappa shape index (κ3) is 3.23. The molecule has 0 saturated carbocycles. The molecule has 0 heterocycles. The molecule has 0 fully saturated rings. The van der Waals surface area contributed by atoms with Crippen LogP contribution in [0.25, 0.3) is 0 Å². The van der Waals surface area contributed by atoms with Gasteiger partial charge in [-0.15, -0.1) is 0 Å². The molecule has 0 amide bonds. The highest BCUT2D eigenvalue weighted by atomic mass is 16.5. The van der Waals surface area contributed by atoms with E-state index in [4.69, 9.17) is 4.74 Å². The quantitative estimate of drug-likeness (QED) is 0.844. The third-order valence-corrected chi connectivity index (χ3v) is 3.35. The van der Waals surface area contributed by atoms with Gasteiger partial charge in [-0.3, -0.25) is 9.69 Å². The van der Waals surface area contributed by atoms with Crippen molar-refractivity contribution in [1.29, 1.82) is 0 Å². The van der Waals surface area contributed by atoms with Crippen molar-refractivity contribution in [3.05, 3.63) is 29.8 Å². The van der Waals surface area contributed by atoms with Gasteiger partial charge in [-0.2, -0.15) is 0 Å². The van der Waals surface area contributed by atoms with Gasteiger partial charge >= 0.3 is 5.97 Å². The SMILES string of the molecule is CCC(C(=O)O)N(C)C(C)c1cccc(OC)c1. The zero-order valence-electron chi connectivity index (χ0n) is 11.4. The number of ether oxygens (including phenoxy) is 1. The third-order valence-electron chi connectivity index (χ3n) is 3.35. The second-order valence-corrected chi connectivity index (χ2v) is 4.38. The summed E-state index contributed by atoms with van der Waals surface area (Å²) in [5.74, 6) is 0.00543. The summed E-state index contributed by atoms with van der Waals surface area (Å²) in [5.41, 5.74) is 1.05. The van der Waals surface area contributed by atoms with Crippen LogP contribution >= 0.6 is 0 Å². The number of carbonyl (C=O) groups is 1. The lowest BCUT2D eigenvalue weighted by molar-refractivity contribution is -0.143. The molecule has 0 radical (unpaired) electrons. The van der Waals surface area contributed by atoms with Gasteiger partial charge in [0.05, 0.1) is 7.11 Å². The van der Waals surface area contributed by atoms with Crippen molar-refractivity contribution < 1.29 is 14.6 Å². The maximum Gasteiger partial charge on any atom is 0.320 e. The number of likely N-dealkylation sites (N-methyl/N-ethyl adjacent to an activating group) is 1. The van der Waals surface area contributed by atoms with Gasteiger partial charge in [-0.1, -0.05) is 19.1 Å². The fourth-order valence-corrected chi connectivity index (χ4v) is 2.04. The summed E-state index contributed by atoms with van der Waals surface area (Å²) in [7, 11) is 3.46. The van der Waals surface area contributed by atoms with E-state index in [-0.39, 0.29) is 6.04 Å². The summed E-state index contributed by atoms with van der Waals surface area (Å²) < 4.78 is 5.18. The molecule has 0 saturated heterocycles. The first-order valence-corrected chi connectivity index (χ1v) is 6.10. The molecule has 4 heteroatoms. The van der Waals surface area contributed by atoms with E-state index in [1.165, 1.54) is 0 Å². The van der Waals surface area contributed by atoms with Crippen LogP contribution in [0.15, 0.2) is 24.3 Å². The minimum atomic E-state index is -0.783. The van der Waals surface area contributed by atoms with Crippen LogP contribution in [0.2, 0.25) is 0 Å². The van der Waals surface area contributed by atoms with Crippen LogP contribution < -0.4 is 4.74 Å². The normalized spacial score (nSPS) is 14.3. The van der Waals surface area contributed by atoms with Gasteiger partial charge in [0.2, 0.25) is 0 Å². The average Bonchev–Trinajstić information content (AvgIpc) is 2.38. The Morgan fingerprint density at radius 1 is 1.50 bits per heavy atom. The highest BCUT2D eigenvalue weighted by Gasteiger charge is 2.25. The predicted molar refractivity (Wildman–Crippen MR) is 70.9 cm³/mol. The Hall–Kier alpha value is -1.55. The average molecular weight is 251 g/mol. The van der Waals surface area contributed by atoms with Crippen LogP contribution in [0.1, 0.15) is 31.9 Å². The molecule has 0 aromatic heterocycles. The number of aliphatic carboxylic acids is 1. The highest BCUT2D eigenvalue weighted by molar-refractivity contribution is 5.73. The molecule has 2 unspecified atom stereocenters. The Balaban J connectivity index is 2.90. The fraction of sp³-hybridized carbons (Fsp3) is 0.500. The van der Waals surface area contributed by atoms with Crippen molar-refractivity contribution in [2.24, 2.45) is 0 Å². The smallest absolute Gasteiger partial charge is 0.320 e. The number of methoxy groups -OCH3 is 1. The van der Waals surface area contributed by atoms with E-state index in [0.29, 0.717) is 6.42 Å². The molecular formula is C14H21NO3. The molecule has 1 aromatic rings. The van der Waals surface area contributed by atoms with Crippen molar-refractivity contribution in [2.75, 3.05) is 14.2 Å². The van der Waals surface area contributed by atoms with Gasteiger partial charge in [-0.05, 0) is 38.1 Å². The molecule has 18 heavy (non-hydrogen) atoms. The van der Waals surface area contributed by atoms with E-state index in [1.54, 1.807) is 7.11 Å². The first kappa shape index (κ1) is 14.5. The van der Waals surface area contributed by atoms with E-state index in [1.807, 2.05) is 50.1 Å². The Morgan fingerprint density at radius 3 is 2.67 bits per heavy atom. The van der Waals surface area contributed by atoms with Gasteiger partial charge in [0.1, 0.15) is 11.8 Å². The van der Waals surface area contributed by atoms with Gasteiger partial charge in [-0.25, -0.2) is 0 Å². The topological polar surface area (TPSA) is 49.8 Å². The first-order valence-electron chi connectivity index (χ1n) is 6.10. The Bertz CT molecular complexity index is 406. The summed E-state index contributed by atoms with van der Waals surface area (Å²) >= 11 is 0. The molecule has 100 valence electrons. The number of hydrogen-bond acceptors (Lipinski definition) is 3. The van der Waals surface area contributed by atoms with Crippen molar-refractivity contribution >= 4 is 5.97 Å².